The van der Waals surface area contributed by atoms with Gasteiger partial charge in [0, 0.05) is 27.9 Å². The zero-order valence-electron chi connectivity index (χ0n) is 19.0. The first-order valence-electron chi connectivity index (χ1n) is 10.4. The summed E-state index contributed by atoms with van der Waals surface area (Å²) in [6.07, 6.45) is 0. The molecular formula is C25H28N4O3. The van der Waals surface area contributed by atoms with Crippen LogP contribution in [-0.2, 0) is 10.3 Å². The second-order valence-electron chi connectivity index (χ2n) is 8.76. The molecule has 1 atom stereocenters. The predicted molar refractivity (Wildman–Crippen MR) is 125 cm³/mol. The van der Waals surface area contributed by atoms with E-state index in [2.05, 4.69) is 43.0 Å². The summed E-state index contributed by atoms with van der Waals surface area (Å²) < 4.78 is 5.67. The Morgan fingerprint density at radius 2 is 1.81 bits per heavy atom. The van der Waals surface area contributed by atoms with E-state index in [1.54, 1.807) is 12.0 Å². The zero-order chi connectivity index (χ0) is 23.0. The highest BCUT2D eigenvalue weighted by Gasteiger charge is 2.45. The summed E-state index contributed by atoms with van der Waals surface area (Å²) in [5.74, 6) is 0.572. The number of benzene rings is 2. The number of methoxy groups -OCH3 is 1. The van der Waals surface area contributed by atoms with Crippen molar-refractivity contribution < 1.29 is 14.4 Å². The van der Waals surface area contributed by atoms with Gasteiger partial charge in [-0.15, -0.1) is 0 Å². The summed E-state index contributed by atoms with van der Waals surface area (Å²) in [5, 5.41) is 7.55. The van der Waals surface area contributed by atoms with Crippen molar-refractivity contribution in [2.75, 3.05) is 19.1 Å². The van der Waals surface area contributed by atoms with Crippen molar-refractivity contribution in [1.82, 2.24) is 15.7 Å². The van der Waals surface area contributed by atoms with E-state index in [-0.39, 0.29) is 17.4 Å². The molecule has 0 saturated heterocycles. The highest BCUT2D eigenvalue weighted by Crippen LogP contribution is 2.47. The number of para-hydroxylation sites is 1. The number of amides is 1. The number of aromatic nitrogens is 2. The second kappa shape index (κ2) is 8.16. The van der Waals surface area contributed by atoms with E-state index in [9.17, 15) is 4.79 Å². The van der Waals surface area contributed by atoms with Crippen LogP contribution in [-0.4, -0.2) is 30.3 Å². The van der Waals surface area contributed by atoms with Crippen LogP contribution >= 0.6 is 0 Å². The van der Waals surface area contributed by atoms with Gasteiger partial charge in [0.1, 0.15) is 5.75 Å². The van der Waals surface area contributed by atoms with Crippen LogP contribution in [0.3, 0.4) is 0 Å². The van der Waals surface area contributed by atoms with Gasteiger partial charge < -0.3 is 4.74 Å². The third kappa shape index (κ3) is 3.54. The number of hydrogen-bond acceptors (Lipinski definition) is 5. The average molecular weight is 433 g/mol. The number of anilines is 1. The summed E-state index contributed by atoms with van der Waals surface area (Å²) in [4.78, 5) is 20.3. The Labute approximate surface area is 188 Å². The second-order valence-corrected chi connectivity index (χ2v) is 8.76. The Kier molecular flexibility index (Phi) is 5.52. The first-order valence-corrected chi connectivity index (χ1v) is 10.4. The van der Waals surface area contributed by atoms with E-state index in [1.807, 2.05) is 48.5 Å². The number of rotatable bonds is 6. The van der Waals surface area contributed by atoms with Crippen molar-refractivity contribution in [1.29, 1.82) is 0 Å². The van der Waals surface area contributed by atoms with Gasteiger partial charge in [-0.2, -0.15) is 5.10 Å². The molecule has 3 aromatic rings. The number of hydrogen-bond donors (Lipinski definition) is 2. The van der Waals surface area contributed by atoms with Crippen LogP contribution in [0.4, 0.5) is 5.69 Å². The third-order valence-electron chi connectivity index (χ3n) is 5.66. The van der Waals surface area contributed by atoms with Gasteiger partial charge >= 0.3 is 0 Å². The molecule has 0 radical (unpaired) electrons. The van der Waals surface area contributed by atoms with Gasteiger partial charge in [-0.05, 0) is 23.8 Å². The van der Waals surface area contributed by atoms with Crippen LogP contribution in [0.2, 0.25) is 0 Å². The van der Waals surface area contributed by atoms with Gasteiger partial charge in [-0.1, -0.05) is 57.7 Å². The lowest BCUT2D eigenvalue weighted by Gasteiger charge is -2.29. The van der Waals surface area contributed by atoms with Crippen LogP contribution in [0.5, 0.6) is 5.75 Å². The largest absolute Gasteiger partial charge is 0.496 e. The summed E-state index contributed by atoms with van der Waals surface area (Å²) in [7, 11) is 3.18. The number of fused-ring (bicyclic) bond motifs is 1. The molecule has 1 aliphatic rings. The van der Waals surface area contributed by atoms with Crippen LogP contribution in [0.1, 0.15) is 59.7 Å². The van der Waals surface area contributed by atoms with Crippen molar-refractivity contribution in [3.05, 3.63) is 83.2 Å². The molecule has 0 saturated carbocycles. The molecule has 1 aliphatic heterocycles. The highest BCUT2D eigenvalue weighted by molar-refractivity contribution is 6.11. The molecule has 32 heavy (non-hydrogen) atoms. The molecule has 0 aliphatic carbocycles. The molecule has 4 rings (SSSR count). The molecule has 0 spiro atoms. The standard InChI is InChI=1S/C25H28N4O3/c1-15(28-32-6)16-11-13-17(14-12-16)29-22(18-9-7-8-10-19(18)31-5)20-21(24(29)30)26-27-23(20)25(2,3)4/h7-14,22,28H,1H2,2-6H3,(H,26,27). The van der Waals surface area contributed by atoms with Gasteiger partial charge in [0.15, 0.2) is 5.69 Å². The molecule has 2 N–H and O–H groups in total. The molecule has 2 heterocycles. The fourth-order valence-electron chi connectivity index (χ4n) is 4.17. The summed E-state index contributed by atoms with van der Waals surface area (Å²) in [5.41, 5.74) is 7.96. The van der Waals surface area contributed by atoms with Crippen molar-refractivity contribution in [2.24, 2.45) is 0 Å². The van der Waals surface area contributed by atoms with E-state index in [0.29, 0.717) is 11.4 Å². The van der Waals surface area contributed by atoms with Gasteiger partial charge in [-0.25, -0.2) is 0 Å². The molecule has 2 aromatic carbocycles. The number of carbonyl (C=O) groups excluding carboxylic acids is 1. The van der Waals surface area contributed by atoms with Crippen LogP contribution in [0.25, 0.3) is 5.70 Å². The molecule has 1 amide bonds. The van der Waals surface area contributed by atoms with Crippen LogP contribution in [0.15, 0.2) is 55.1 Å². The van der Waals surface area contributed by atoms with Crippen molar-refractivity contribution in [2.45, 2.75) is 32.2 Å². The Bertz CT molecular complexity index is 1160. The normalized spacial score (nSPS) is 15.6. The van der Waals surface area contributed by atoms with E-state index in [0.717, 1.165) is 33.8 Å². The molecule has 1 unspecified atom stereocenters. The number of carbonyl (C=O) groups is 1. The molecule has 0 fully saturated rings. The minimum Gasteiger partial charge on any atom is -0.496 e. The SMILES string of the molecule is C=C(NOC)c1ccc(N2C(=O)c3n[nH]c(C(C)(C)C)c3C2c2ccccc2OC)cc1. The zero-order valence-corrected chi connectivity index (χ0v) is 19.0. The van der Waals surface area contributed by atoms with E-state index in [4.69, 9.17) is 9.57 Å². The number of nitrogens with zero attached hydrogens (tertiary/aromatic N) is 2. The molecule has 0 bridgehead atoms. The molecule has 1 aromatic heterocycles. The van der Waals surface area contributed by atoms with Crippen molar-refractivity contribution in [3.63, 3.8) is 0 Å². The van der Waals surface area contributed by atoms with Gasteiger partial charge in [0.25, 0.3) is 5.91 Å². The lowest BCUT2D eigenvalue weighted by atomic mass is 9.85. The fourth-order valence-corrected chi connectivity index (χ4v) is 4.17. The highest BCUT2D eigenvalue weighted by atomic mass is 16.6. The van der Waals surface area contributed by atoms with Gasteiger partial charge in [-0.3, -0.25) is 25.1 Å². The lowest BCUT2D eigenvalue weighted by molar-refractivity contribution is 0.0988. The van der Waals surface area contributed by atoms with Crippen LogP contribution in [0, 0.1) is 0 Å². The van der Waals surface area contributed by atoms with E-state index >= 15 is 0 Å². The topological polar surface area (TPSA) is 79.5 Å². The summed E-state index contributed by atoms with van der Waals surface area (Å²) >= 11 is 0. The quantitative estimate of drug-likeness (QED) is 0.557. The number of H-pyrrole nitrogens is 1. The Hall–Kier alpha value is -3.58. The molecule has 7 heteroatoms. The number of ether oxygens (including phenoxy) is 1. The minimum atomic E-state index is -0.368. The van der Waals surface area contributed by atoms with Crippen molar-refractivity contribution >= 4 is 17.3 Å². The fraction of sp³-hybridized carbons (Fsp3) is 0.280. The summed E-state index contributed by atoms with van der Waals surface area (Å²) in [6.45, 7) is 10.3. The molecule has 166 valence electrons. The number of aromatic amines is 1. The third-order valence-corrected chi connectivity index (χ3v) is 5.66. The number of hydroxylamine groups is 1. The van der Waals surface area contributed by atoms with Gasteiger partial charge in [0.2, 0.25) is 0 Å². The Morgan fingerprint density at radius 1 is 1.12 bits per heavy atom. The maximum atomic E-state index is 13.6. The van der Waals surface area contributed by atoms with Crippen molar-refractivity contribution in [3.8, 4) is 5.75 Å². The molecular weight excluding hydrogens is 404 g/mol. The molecule has 7 nitrogen and oxygen atoms in total. The Balaban J connectivity index is 1.87. The number of nitrogens with one attached hydrogen (secondary N) is 2. The smallest absolute Gasteiger partial charge is 0.280 e. The maximum Gasteiger partial charge on any atom is 0.280 e. The van der Waals surface area contributed by atoms with Gasteiger partial charge in [0.05, 0.1) is 26.0 Å². The minimum absolute atomic E-state index is 0.149. The first-order chi connectivity index (χ1) is 15.3. The monoisotopic (exact) mass is 432 g/mol. The lowest BCUT2D eigenvalue weighted by Crippen LogP contribution is -2.30. The summed E-state index contributed by atoms with van der Waals surface area (Å²) in [6, 6.07) is 15.1. The average Bonchev–Trinajstić information content (AvgIpc) is 3.33. The maximum absolute atomic E-state index is 13.6. The van der Waals surface area contributed by atoms with Crippen LogP contribution < -0.4 is 15.1 Å². The predicted octanol–water partition coefficient (Wildman–Crippen LogP) is 4.59. The van der Waals surface area contributed by atoms with E-state index in [1.165, 1.54) is 7.11 Å². The first kappa shape index (κ1) is 21.6. The van der Waals surface area contributed by atoms with E-state index < -0.39 is 0 Å². The Morgan fingerprint density at radius 3 is 2.44 bits per heavy atom.